The summed E-state index contributed by atoms with van der Waals surface area (Å²) in [6.45, 7) is 4.37. The average Bonchev–Trinajstić information content (AvgIpc) is 2.91. The van der Waals surface area contributed by atoms with Crippen molar-refractivity contribution in [1.82, 2.24) is 9.80 Å². The topological polar surface area (TPSA) is 59.1 Å². The van der Waals surface area contributed by atoms with E-state index in [1.807, 2.05) is 13.0 Å². The number of amides is 2. The predicted octanol–water partition coefficient (Wildman–Crippen LogP) is 2.34. The fourth-order valence-corrected chi connectivity index (χ4v) is 2.82. The van der Waals surface area contributed by atoms with Gasteiger partial charge in [-0.1, -0.05) is 13.0 Å². The molecule has 1 aliphatic heterocycles. The van der Waals surface area contributed by atoms with Crippen LogP contribution >= 0.6 is 0 Å². The molecule has 1 aliphatic rings. The summed E-state index contributed by atoms with van der Waals surface area (Å²) in [5, 5.41) is 0. The van der Waals surface area contributed by atoms with E-state index in [0.717, 1.165) is 12.8 Å². The summed E-state index contributed by atoms with van der Waals surface area (Å²) in [4.78, 5) is 28.5. The van der Waals surface area contributed by atoms with Crippen LogP contribution in [-0.2, 0) is 4.79 Å². The van der Waals surface area contributed by atoms with Crippen molar-refractivity contribution >= 4 is 11.8 Å². The zero-order chi connectivity index (χ0) is 18.2. The van der Waals surface area contributed by atoms with E-state index in [2.05, 4.69) is 0 Å². The lowest BCUT2D eigenvalue weighted by atomic mass is 10.1. The first kappa shape index (κ1) is 18.8. The van der Waals surface area contributed by atoms with Crippen molar-refractivity contribution in [3.63, 3.8) is 0 Å². The van der Waals surface area contributed by atoms with Gasteiger partial charge >= 0.3 is 0 Å². The van der Waals surface area contributed by atoms with Crippen LogP contribution in [0.2, 0.25) is 0 Å². The molecule has 1 heterocycles. The quantitative estimate of drug-likeness (QED) is 0.768. The van der Waals surface area contributed by atoms with Gasteiger partial charge in [0.05, 0.1) is 14.2 Å². The predicted molar refractivity (Wildman–Crippen MR) is 96.1 cm³/mol. The maximum atomic E-state index is 12.8. The molecular formula is C19H26N2O4. The molecule has 0 saturated carbocycles. The van der Waals surface area contributed by atoms with E-state index in [1.165, 1.54) is 0 Å². The standard InChI is InChI=1S/C19H26N2O4/c1-4-5-7-18(22)20-10-6-11-21(13-12-20)19(23)15-8-9-16(24-2)17(14-15)25-3/h5,7-9,14H,4,6,10-13H2,1-3H3/b7-5+. The van der Waals surface area contributed by atoms with Gasteiger partial charge in [0.1, 0.15) is 0 Å². The Hall–Kier alpha value is -2.50. The lowest BCUT2D eigenvalue weighted by molar-refractivity contribution is -0.125. The first-order valence-electron chi connectivity index (χ1n) is 8.57. The number of carbonyl (C=O) groups is 2. The van der Waals surface area contributed by atoms with E-state index in [0.29, 0.717) is 43.2 Å². The third-order valence-corrected chi connectivity index (χ3v) is 4.22. The molecule has 6 heteroatoms. The van der Waals surface area contributed by atoms with Crippen LogP contribution in [0.1, 0.15) is 30.1 Å². The van der Waals surface area contributed by atoms with E-state index < -0.39 is 0 Å². The third-order valence-electron chi connectivity index (χ3n) is 4.22. The third kappa shape index (κ3) is 4.75. The maximum Gasteiger partial charge on any atom is 0.254 e. The summed E-state index contributed by atoms with van der Waals surface area (Å²) in [5.74, 6) is 1.08. The molecule has 1 saturated heterocycles. The van der Waals surface area contributed by atoms with Crippen molar-refractivity contribution in [2.24, 2.45) is 0 Å². The van der Waals surface area contributed by atoms with Gasteiger partial charge in [0.15, 0.2) is 11.5 Å². The molecule has 136 valence electrons. The van der Waals surface area contributed by atoms with Crippen molar-refractivity contribution in [3.8, 4) is 11.5 Å². The largest absolute Gasteiger partial charge is 0.493 e. The fourth-order valence-electron chi connectivity index (χ4n) is 2.82. The highest BCUT2D eigenvalue weighted by Gasteiger charge is 2.22. The van der Waals surface area contributed by atoms with Gasteiger partial charge in [-0.15, -0.1) is 0 Å². The van der Waals surface area contributed by atoms with Crippen molar-refractivity contribution in [3.05, 3.63) is 35.9 Å². The Bertz CT molecular complexity index is 642. The molecule has 0 radical (unpaired) electrons. The van der Waals surface area contributed by atoms with Crippen LogP contribution in [0.25, 0.3) is 0 Å². The number of carbonyl (C=O) groups excluding carboxylic acids is 2. The molecule has 0 bridgehead atoms. The number of nitrogens with zero attached hydrogens (tertiary/aromatic N) is 2. The first-order valence-corrected chi connectivity index (χ1v) is 8.57. The van der Waals surface area contributed by atoms with Crippen molar-refractivity contribution < 1.29 is 19.1 Å². The molecule has 0 spiro atoms. The number of ether oxygens (including phenoxy) is 2. The Morgan fingerprint density at radius 3 is 2.40 bits per heavy atom. The Morgan fingerprint density at radius 1 is 1.04 bits per heavy atom. The van der Waals surface area contributed by atoms with Crippen LogP contribution in [0.3, 0.4) is 0 Å². The van der Waals surface area contributed by atoms with Crippen molar-refractivity contribution in [2.75, 3.05) is 40.4 Å². The number of hydrogen-bond acceptors (Lipinski definition) is 4. The first-order chi connectivity index (χ1) is 12.1. The van der Waals surface area contributed by atoms with Gasteiger partial charge in [0.2, 0.25) is 5.91 Å². The molecule has 1 fully saturated rings. The van der Waals surface area contributed by atoms with Gasteiger partial charge in [-0.05, 0) is 37.1 Å². The second-order valence-corrected chi connectivity index (χ2v) is 5.85. The second-order valence-electron chi connectivity index (χ2n) is 5.85. The minimum atomic E-state index is -0.0562. The Labute approximate surface area is 149 Å². The van der Waals surface area contributed by atoms with Crippen LogP contribution in [0.5, 0.6) is 11.5 Å². The van der Waals surface area contributed by atoms with E-state index >= 15 is 0 Å². The lowest BCUT2D eigenvalue weighted by Gasteiger charge is -2.22. The van der Waals surface area contributed by atoms with Crippen molar-refractivity contribution in [2.45, 2.75) is 19.8 Å². The lowest BCUT2D eigenvalue weighted by Crippen LogP contribution is -2.36. The molecule has 0 aliphatic carbocycles. The molecular weight excluding hydrogens is 320 g/mol. The monoisotopic (exact) mass is 346 g/mol. The normalized spacial score (nSPS) is 15.2. The Morgan fingerprint density at radius 2 is 1.72 bits per heavy atom. The maximum absolute atomic E-state index is 12.8. The zero-order valence-electron chi connectivity index (χ0n) is 15.2. The molecule has 0 N–H and O–H groups in total. The van der Waals surface area contributed by atoms with E-state index in [9.17, 15) is 9.59 Å². The van der Waals surface area contributed by atoms with Crippen molar-refractivity contribution in [1.29, 1.82) is 0 Å². The molecule has 0 unspecified atom stereocenters. The Balaban J connectivity index is 2.06. The highest BCUT2D eigenvalue weighted by atomic mass is 16.5. The van der Waals surface area contributed by atoms with Gasteiger partial charge in [0, 0.05) is 31.7 Å². The average molecular weight is 346 g/mol. The zero-order valence-corrected chi connectivity index (χ0v) is 15.2. The molecule has 2 amide bonds. The van der Waals surface area contributed by atoms with Crippen LogP contribution < -0.4 is 9.47 Å². The van der Waals surface area contributed by atoms with Gasteiger partial charge in [-0.2, -0.15) is 0 Å². The number of rotatable bonds is 5. The molecule has 25 heavy (non-hydrogen) atoms. The molecule has 1 aromatic carbocycles. The summed E-state index contributed by atoms with van der Waals surface area (Å²) < 4.78 is 10.5. The number of methoxy groups -OCH3 is 2. The Kier molecular flexibility index (Phi) is 6.86. The van der Waals surface area contributed by atoms with Gasteiger partial charge < -0.3 is 19.3 Å². The molecule has 0 atom stereocenters. The van der Waals surface area contributed by atoms with Crippen LogP contribution in [0.15, 0.2) is 30.4 Å². The smallest absolute Gasteiger partial charge is 0.254 e. The van der Waals surface area contributed by atoms with Gasteiger partial charge in [-0.25, -0.2) is 0 Å². The summed E-state index contributed by atoms with van der Waals surface area (Å²) >= 11 is 0. The minimum absolute atomic E-state index is 0.0160. The highest BCUT2D eigenvalue weighted by molar-refractivity contribution is 5.95. The molecule has 1 aromatic rings. The molecule has 0 aromatic heterocycles. The summed E-state index contributed by atoms with van der Waals surface area (Å²) in [6.07, 6.45) is 5.08. The second kappa shape index (κ2) is 9.11. The highest BCUT2D eigenvalue weighted by Crippen LogP contribution is 2.28. The number of allylic oxidation sites excluding steroid dienone is 1. The number of benzene rings is 1. The SMILES string of the molecule is CC/C=C/C(=O)N1CCCN(C(=O)c2ccc(OC)c(OC)c2)CC1. The van der Waals surface area contributed by atoms with E-state index in [1.54, 1.807) is 48.3 Å². The molecule has 2 rings (SSSR count). The number of hydrogen-bond donors (Lipinski definition) is 0. The van der Waals surface area contributed by atoms with E-state index in [-0.39, 0.29) is 11.8 Å². The van der Waals surface area contributed by atoms with Crippen LogP contribution in [-0.4, -0.2) is 62.0 Å². The summed E-state index contributed by atoms with van der Waals surface area (Å²) in [7, 11) is 3.11. The van der Waals surface area contributed by atoms with Gasteiger partial charge in [-0.3, -0.25) is 9.59 Å². The summed E-state index contributed by atoms with van der Waals surface area (Å²) in [5.41, 5.74) is 0.559. The summed E-state index contributed by atoms with van der Waals surface area (Å²) in [6, 6.07) is 5.16. The van der Waals surface area contributed by atoms with E-state index in [4.69, 9.17) is 9.47 Å². The fraction of sp³-hybridized carbons (Fsp3) is 0.474. The van der Waals surface area contributed by atoms with Crippen LogP contribution in [0, 0.1) is 0 Å². The minimum Gasteiger partial charge on any atom is -0.493 e. The van der Waals surface area contributed by atoms with Crippen LogP contribution in [0.4, 0.5) is 0 Å². The van der Waals surface area contributed by atoms with Gasteiger partial charge in [0.25, 0.3) is 5.91 Å². The molecule has 6 nitrogen and oxygen atoms in total.